The fourth-order valence-corrected chi connectivity index (χ4v) is 2.21. The van der Waals surface area contributed by atoms with Crippen LogP contribution in [0.15, 0.2) is 22.8 Å². The molecule has 0 aliphatic carbocycles. The minimum absolute atomic E-state index is 0.781. The number of halogens is 2. The second-order valence-electron chi connectivity index (χ2n) is 2.75. The maximum Gasteiger partial charge on any atom is 0.0511 e. The van der Waals surface area contributed by atoms with Crippen molar-refractivity contribution in [2.24, 2.45) is 0 Å². The molecule has 0 amide bonds. The Morgan fingerprint density at radius 1 is 1.42 bits per heavy atom. The summed E-state index contributed by atoms with van der Waals surface area (Å²) in [5.41, 5.74) is 2.31. The Balaban J connectivity index is 2.98. The number of hydrogen-bond donors (Lipinski definition) is 1. The Morgan fingerprint density at radius 3 is 2.83 bits per heavy atom. The van der Waals surface area contributed by atoms with Crippen LogP contribution in [0, 0.1) is 6.92 Å². The van der Waals surface area contributed by atoms with E-state index in [4.69, 9.17) is 11.6 Å². The molecule has 0 aliphatic rings. The van der Waals surface area contributed by atoms with E-state index in [9.17, 15) is 0 Å². The molecule has 0 aliphatic heterocycles. The zero-order valence-electron chi connectivity index (χ0n) is 6.49. The lowest BCUT2D eigenvalue weighted by Crippen LogP contribution is -1.76. The molecule has 12 heavy (non-hydrogen) atoms. The molecular weight excluding hydrogens is 237 g/mol. The van der Waals surface area contributed by atoms with E-state index in [0.717, 1.165) is 20.4 Å². The Bertz CT molecular complexity index is 433. The molecule has 1 aromatic carbocycles. The van der Waals surface area contributed by atoms with Crippen molar-refractivity contribution in [3.63, 3.8) is 0 Å². The number of aromatic amines is 1. The molecular formula is C9H7BrClN. The van der Waals surface area contributed by atoms with Crippen LogP contribution in [0.1, 0.15) is 5.56 Å². The summed E-state index contributed by atoms with van der Waals surface area (Å²) in [5.74, 6) is 0. The summed E-state index contributed by atoms with van der Waals surface area (Å²) in [5, 5.41) is 1.85. The highest BCUT2D eigenvalue weighted by atomic mass is 79.9. The van der Waals surface area contributed by atoms with Gasteiger partial charge in [0.15, 0.2) is 0 Å². The van der Waals surface area contributed by atoms with Crippen LogP contribution in [0.2, 0.25) is 5.02 Å². The highest BCUT2D eigenvalue weighted by Crippen LogP contribution is 2.31. The first kappa shape index (κ1) is 8.14. The fourth-order valence-electron chi connectivity index (χ4n) is 1.31. The largest absolute Gasteiger partial charge is 0.360 e. The second-order valence-corrected chi connectivity index (χ2v) is 4.01. The van der Waals surface area contributed by atoms with Crippen LogP contribution in [-0.2, 0) is 0 Å². The van der Waals surface area contributed by atoms with Crippen molar-refractivity contribution in [1.82, 2.24) is 4.98 Å². The standard InChI is InChI=1S/C9H7BrClN/c1-5-2-3-7(11)8-6(10)4-12-9(5)8/h2-4,12H,1H3. The number of fused-ring (bicyclic) bond motifs is 1. The molecule has 0 saturated carbocycles. The summed E-state index contributed by atoms with van der Waals surface area (Å²) in [6.45, 7) is 2.06. The van der Waals surface area contributed by atoms with Gasteiger partial charge in [0.05, 0.1) is 10.5 Å². The first-order valence-corrected chi connectivity index (χ1v) is 4.79. The zero-order valence-corrected chi connectivity index (χ0v) is 8.83. The second kappa shape index (κ2) is 2.79. The Morgan fingerprint density at radius 2 is 2.17 bits per heavy atom. The fraction of sp³-hybridized carbons (Fsp3) is 0.111. The molecule has 2 aromatic rings. The summed E-state index contributed by atoms with van der Waals surface area (Å²) in [7, 11) is 0. The number of benzene rings is 1. The zero-order chi connectivity index (χ0) is 8.72. The highest BCUT2D eigenvalue weighted by molar-refractivity contribution is 9.10. The molecule has 2 rings (SSSR count). The van der Waals surface area contributed by atoms with Gasteiger partial charge < -0.3 is 4.98 Å². The first-order valence-electron chi connectivity index (χ1n) is 3.62. The predicted molar refractivity (Wildman–Crippen MR) is 55.7 cm³/mol. The van der Waals surface area contributed by atoms with E-state index in [1.54, 1.807) is 0 Å². The minimum atomic E-state index is 0.781. The van der Waals surface area contributed by atoms with Gasteiger partial charge in [-0.1, -0.05) is 17.7 Å². The number of H-pyrrole nitrogens is 1. The summed E-state index contributed by atoms with van der Waals surface area (Å²) in [6.07, 6.45) is 1.91. The third-order valence-corrected chi connectivity index (χ3v) is 2.89. The van der Waals surface area contributed by atoms with Crippen LogP contribution in [0.25, 0.3) is 10.9 Å². The number of aromatic nitrogens is 1. The van der Waals surface area contributed by atoms with E-state index in [-0.39, 0.29) is 0 Å². The molecule has 3 heteroatoms. The van der Waals surface area contributed by atoms with E-state index in [1.807, 2.05) is 18.3 Å². The third-order valence-electron chi connectivity index (χ3n) is 1.94. The monoisotopic (exact) mass is 243 g/mol. The summed E-state index contributed by atoms with van der Waals surface area (Å²) in [6, 6.07) is 3.92. The molecule has 0 radical (unpaired) electrons. The van der Waals surface area contributed by atoms with Crippen LogP contribution in [0.3, 0.4) is 0 Å². The summed E-state index contributed by atoms with van der Waals surface area (Å²) >= 11 is 9.46. The van der Waals surface area contributed by atoms with Crippen molar-refractivity contribution >= 4 is 38.4 Å². The Labute approximate surface area is 83.9 Å². The lowest BCUT2D eigenvalue weighted by atomic mass is 10.2. The van der Waals surface area contributed by atoms with Gasteiger partial charge in [-0.2, -0.15) is 0 Å². The molecule has 62 valence electrons. The predicted octanol–water partition coefficient (Wildman–Crippen LogP) is 3.89. The molecule has 1 heterocycles. The Hall–Kier alpha value is -0.470. The molecule has 0 spiro atoms. The van der Waals surface area contributed by atoms with E-state index < -0.39 is 0 Å². The van der Waals surface area contributed by atoms with E-state index >= 15 is 0 Å². The quantitative estimate of drug-likeness (QED) is 0.724. The van der Waals surface area contributed by atoms with Crippen LogP contribution < -0.4 is 0 Å². The molecule has 1 aromatic heterocycles. The van der Waals surface area contributed by atoms with Crippen molar-refractivity contribution in [1.29, 1.82) is 0 Å². The maximum atomic E-state index is 6.03. The summed E-state index contributed by atoms with van der Waals surface area (Å²) in [4.78, 5) is 3.17. The Kier molecular flexibility index (Phi) is 1.89. The van der Waals surface area contributed by atoms with Gasteiger partial charge >= 0.3 is 0 Å². The van der Waals surface area contributed by atoms with Crippen LogP contribution in [0.4, 0.5) is 0 Å². The molecule has 0 atom stereocenters. The van der Waals surface area contributed by atoms with E-state index in [2.05, 4.69) is 27.8 Å². The number of hydrogen-bond acceptors (Lipinski definition) is 0. The number of rotatable bonds is 0. The van der Waals surface area contributed by atoms with Gasteiger partial charge in [0.25, 0.3) is 0 Å². The highest BCUT2D eigenvalue weighted by Gasteiger charge is 2.06. The van der Waals surface area contributed by atoms with Crippen LogP contribution in [0.5, 0.6) is 0 Å². The molecule has 1 N–H and O–H groups in total. The van der Waals surface area contributed by atoms with Gasteiger partial charge in [-0.3, -0.25) is 0 Å². The first-order chi connectivity index (χ1) is 5.70. The topological polar surface area (TPSA) is 15.8 Å². The molecule has 0 fully saturated rings. The van der Waals surface area contributed by atoms with Crippen LogP contribution in [-0.4, -0.2) is 4.98 Å². The normalized spacial score (nSPS) is 10.9. The SMILES string of the molecule is Cc1ccc(Cl)c2c(Br)c[nH]c12. The van der Waals surface area contributed by atoms with Gasteiger partial charge in [-0.15, -0.1) is 0 Å². The van der Waals surface area contributed by atoms with Gasteiger partial charge in [-0.25, -0.2) is 0 Å². The van der Waals surface area contributed by atoms with Gasteiger partial charge in [0, 0.05) is 16.1 Å². The lowest BCUT2D eigenvalue weighted by molar-refractivity contribution is 1.41. The van der Waals surface area contributed by atoms with Crippen molar-refractivity contribution in [2.45, 2.75) is 6.92 Å². The minimum Gasteiger partial charge on any atom is -0.360 e. The van der Waals surface area contributed by atoms with Gasteiger partial charge in [0.2, 0.25) is 0 Å². The lowest BCUT2D eigenvalue weighted by Gasteiger charge is -1.97. The van der Waals surface area contributed by atoms with E-state index in [0.29, 0.717) is 0 Å². The van der Waals surface area contributed by atoms with Crippen LogP contribution >= 0.6 is 27.5 Å². The van der Waals surface area contributed by atoms with Crippen molar-refractivity contribution in [2.75, 3.05) is 0 Å². The smallest absolute Gasteiger partial charge is 0.0511 e. The van der Waals surface area contributed by atoms with Crippen molar-refractivity contribution in [3.05, 3.63) is 33.4 Å². The van der Waals surface area contributed by atoms with Gasteiger partial charge in [-0.05, 0) is 34.5 Å². The molecule has 0 bridgehead atoms. The average Bonchev–Trinajstić information content (AvgIpc) is 2.42. The number of aryl methyl sites for hydroxylation is 1. The molecule has 0 saturated heterocycles. The molecule has 0 unspecified atom stereocenters. The van der Waals surface area contributed by atoms with Crippen molar-refractivity contribution in [3.8, 4) is 0 Å². The molecule has 1 nitrogen and oxygen atoms in total. The van der Waals surface area contributed by atoms with E-state index in [1.165, 1.54) is 5.56 Å². The van der Waals surface area contributed by atoms with Crippen molar-refractivity contribution < 1.29 is 0 Å². The number of nitrogens with one attached hydrogen (secondary N) is 1. The maximum absolute atomic E-state index is 6.03. The summed E-state index contributed by atoms with van der Waals surface area (Å²) < 4.78 is 1.02. The average molecular weight is 245 g/mol. The third kappa shape index (κ3) is 1.06. The van der Waals surface area contributed by atoms with Gasteiger partial charge in [0.1, 0.15) is 0 Å².